The molecule has 0 heterocycles. The lowest BCUT2D eigenvalue weighted by atomic mass is 9.79. The Morgan fingerprint density at radius 1 is 1.29 bits per heavy atom. The molecule has 1 fully saturated rings. The van der Waals surface area contributed by atoms with E-state index in [2.05, 4.69) is 54.3 Å². The minimum absolute atomic E-state index is 0.519. The maximum absolute atomic E-state index is 3.64. The van der Waals surface area contributed by atoms with Crippen molar-refractivity contribution in [2.75, 3.05) is 7.05 Å². The van der Waals surface area contributed by atoms with Crippen molar-refractivity contribution in [1.29, 1.82) is 0 Å². The highest BCUT2D eigenvalue weighted by molar-refractivity contribution is 9.10. The summed E-state index contributed by atoms with van der Waals surface area (Å²) >= 11 is 3.64. The molecule has 0 aromatic heterocycles. The smallest absolute Gasteiger partial charge is 0.0320 e. The second-order valence-corrected chi connectivity index (χ2v) is 6.14. The van der Waals surface area contributed by atoms with Gasteiger partial charge in [-0.2, -0.15) is 0 Å². The fourth-order valence-corrected chi connectivity index (χ4v) is 2.89. The number of hydrogen-bond acceptors (Lipinski definition) is 1. The molecule has 2 rings (SSSR count). The summed E-state index contributed by atoms with van der Waals surface area (Å²) in [4.78, 5) is 0. The molecule has 17 heavy (non-hydrogen) atoms. The number of hydrogen-bond donors (Lipinski definition) is 1. The molecule has 1 unspecified atom stereocenters. The van der Waals surface area contributed by atoms with Crippen LogP contribution < -0.4 is 5.32 Å². The quantitative estimate of drug-likeness (QED) is 0.861. The van der Waals surface area contributed by atoms with Crippen molar-refractivity contribution in [3.05, 3.63) is 33.3 Å². The van der Waals surface area contributed by atoms with Crippen LogP contribution in [0.4, 0.5) is 0 Å². The van der Waals surface area contributed by atoms with Crippen LogP contribution in [0.1, 0.15) is 48.4 Å². The van der Waals surface area contributed by atoms with Crippen LogP contribution in [0.3, 0.4) is 0 Å². The normalized spacial score (nSPS) is 17.9. The average Bonchev–Trinajstić information content (AvgIpc) is 2.24. The Hall–Kier alpha value is -0.340. The molecule has 1 N–H and O–H groups in total. The Kier molecular flexibility index (Phi) is 4.26. The fourth-order valence-electron chi connectivity index (χ4n) is 2.66. The average molecular weight is 296 g/mol. The third-order valence-electron chi connectivity index (χ3n) is 4.00. The standard InChI is InChI=1S/C15H22BrN/c1-10-7-13(8-11(2)15(10)16)14(17-3)9-12-5-4-6-12/h7-8,12,14,17H,4-6,9H2,1-3H3. The molecule has 0 spiro atoms. The zero-order valence-electron chi connectivity index (χ0n) is 11.0. The molecular weight excluding hydrogens is 274 g/mol. The summed E-state index contributed by atoms with van der Waals surface area (Å²) in [6.07, 6.45) is 5.57. The van der Waals surface area contributed by atoms with E-state index < -0.39 is 0 Å². The summed E-state index contributed by atoms with van der Waals surface area (Å²) < 4.78 is 1.25. The van der Waals surface area contributed by atoms with Gasteiger partial charge in [-0.3, -0.25) is 0 Å². The highest BCUT2D eigenvalue weighted by atomic mass is 79.9. The maximum atomic E-state index is 3.64. The fraction of sp³-hybridized carbons (Fsp3) is 0.600. The van der Waals surface area contributed by atoms with Gasteiger partial charge in [-0.05, 0) is 49.9 Å². The lowest BCUT2D eigenvalue weighted by Crippen LogP contribution is -2.23. The van der Waals surface area contributed by atoms with Crippen molar-refractivity contribution in [3.63, 3.8) is 0 Å². The molecule has 1 aliphatic rings. The molecule has 1 atom stereocenters. The molecule has 1 saturated carbocycles. The second kappa shape index (κ2) is 5.53. The topological polar surface area (TPSA) is 12.0 Å². The van der Waals surface area contributed by atoms with Gasteiger partial charge in [-0.15, -0.1) is 0 Å². The number of benzene rings is 1. The maximum Gasteiger partial charge on any atom is 0.0320 e. The van der Waals surface area contributed by atoms with Crippen LogP contribution in [0.5, 0.6) is 0 Å². The minimum Gasteiger partial charge on any atom is -0.313 e. The highest BCUT2D eigenvalue weighted by Crippen LogP contribution is 2.35. The Balaban J connectivity index is 2.17. The third-order valence-corrected chi connectivity index (χ3v) is 5.25. The predicted molar refractivity (Wildman–Crippen MR) is 77.4 cm³/mol. The van der Waals surface area contributed by atoms with Crippen LogP contribution in [0.2, 0.25) is 0 Å². The van der Waals surface area contributed by atoms with Gasteiger partial charge < -0.3 is 5.32 Å². The number of halogens is 1. The third kappa shape index (κ3) is 2.92. The highest BCUT2D eigenvalue weighted by Gasteiger charge is 2.22. The van der Waals surface area contributed by atoms with Crippen molar-refractivity contribution in [1.82, 2.24) is 5.32 Å². The first-order valence-electron chi connectivity index (χ1n) is 6.55. The van der Waals surface area contributed by atoms with E-state index in [1.807, 2.05) is 0 Å². The van der Waals surface area contributed by atoms with E-state index in [4.69, 9.17) is 0 Å². The SMILES string of the molecule is CNC(CC1CCC1)c1cc(C)c(Br)c(C)c1. The van der Waals surface area contributed by atoms with Crippen LogP contribution in [0.25, 0.3) is 0 Å². The van der Waals surface area contributed by atoms with Crippen molar-refractivity contribution < 1.29 is 0 Å². The van der Waals surface area contributed by atoms with Crippen molar-refractivity contribution in [2.24, 2.45) is 5.92 Å². The largest absolute Gasteiger partial charge is 0.313 e. The van der Waals surface area contributed by atoms with Gasteiger partial charge in [-0.1, -0.05) is 47.3 Å². The van der Waals surface area contributed by atoms with Crippen molar-refractivity contribution in [2.45, 2.75) is 45.6 Å². The molecule has 1 nitrogen and oxygen atoms in total. The molecule has 1 aromatic rings. The van der Waals surface area contributed by atoms with E-state index in [-0.39, 0.29) is 0 Å². The van der Waals surface area contributed by atoms with Gasteiger partial charge in [0, 0.05) is 10.5 Å². The van der Waals surface area contributed by atoms with Gasteiger partial charge in [0.15, 0.2) is 0 Å². The zero-order chi connectivity index (χ0) is 12.4. The predicted octanol–water partition coefficient (Wildman–Crippen LogP) is 4.52. The van der Waals surface area contributed by atoms with Gasteiger partial charge >= 0.3 is 0 Å². The van der Waals surface area contributed by atoms with E-state index >= 15 is 0 Å². The van der Waals surface area contributed by atoms with Gasteiger partial charge in [0.25, 0.3) is 0 Å². The Labute approximate surface area is 113 Å². The Morgan fingerprint density at radius 3 is 2.29 bits per heavy atom. The molecular formula is C15H22BrN. The van der Waals surface area contributed by atoms with Crippen LogP contribution in [0, 0.1) is 19.8 Å². The molecule has 0 bridgehead atoms. The van der Waals surface area contributed by atoms with Gasteiger partial charge in [0.1, 0.15) is 0 Å². The molecule has 0 amide bonds. The lowest BCUT2D eigenvalue weighted by molar-refractivity contribution is 0.265. The zero-order valence-corrected chi connectivity index (χ0v) is 12.6. The van der Waals surface area contributed by atoms with Crippen molar-refractivity contribution >= 4 is 15.9 Å². The van der Waals surface area contributed by atoms with Gasteiger partial charge in [0.2, 0.25) is 0 Å². The first-order valence-corrected chi connectivity index (χ1v) is 7.35. The van der Waals surface area contributed by atoms with Gasteiger partial charge in [0.05, 0.1) is 0 Å². The summed E-state index contributed by atoms with van der Waals surface area (Å²) in [6.45, 7) is 4.35. The summed E-state index contributed by atoms with van der Waals surface area (Å²) in [5.41, 5.74) is 4.13. The minimum atomic E-state index is 0.519. The Bertz CT molecular complexity index is 373. The van der Waals surface area contributed by atoms with E-state index in [1.165, 1.54) is 46.8 Å². The van der Waals surface area contributed by atoms with Crippen LogP contribution in [0.15, 0.2) is 16.6 Å². The van der Waals surface area contributed by atoms with E-state index in [9.17, 15) is 0 Å². The monoisotopic (exact) mass is 295 g/mol. The first kappa shape index (κ1) is 13.1. The molecule has 1 aromatic carbocycles. The molecule has 0 radical (unpaired) electrons. The second-order valence-electron chi connectivity index (χ2n) is 5.34. The van der Waals surface area contributed by atoms with Crippen LogP contribution >= 0.6 is 15.9 Å². The molecule has 0 aliphatic heterocycles. The number of nitrogens with one attached hydrogen (secondary N) is 1. The van der Waals surface area contributed by atoms with Crippen molar-refractivity contribution in [3.8, 4) is 0 Å². The molecule has 94 valence electrons. The number of aryl methyl sites for hydroxylation is 2. The molecule has 0 saturated heterocycles. The van der Waals surface area contributed by atoms with Gasteiger partial charge in [-0.25, -0.2) is 0 Å². The van der Waals surface area contributed by atoms with E-state index in [0.717, 1.165) is 5.92 Å². The lowest BCUT2D eigenvalue weighted by Gasteiger charge is -2.30. The van der Waals surface area contributed by atoms with Crippen LogP contribution in [-0.2, 0) is 0 Å². The summed E-state index contributed by atoms with van der Waals surface area (Å²) in [5.74, 6) is 0.941. The molecule has 2 heteroatoms. The summed E-state index contributed by atoms with van der Waals surface area (Å²) in [5, 5.41) is 3.48. The summed E-state index contributed by atoms with van der Waals surface area (Å²) in [7, 11) is 2.08. The van der Waals surface area contributed by atoms with Crippen LogP contribution in [-0.4, -0.2) is 7.05 Å². The van der Waals surface area contributed by atoms with E-state index in [0.29, 0.717) is 6.04 Å². The van der Waals surface area contributed by atoms with E-state index in [1.54, 1.807) is 0 Å². The first-order chi connectivity index (χ1) is 8.11. The summed E-state index contributed by atoms with van der Waals surface area (Å²) in [6, 6.07) is 5.15. The number of rotatable bonds is 4. The Morgan fingerprint density at radius 2 is 1.88 bits per heavy atom. The molecule has 1 aliphatic carbocycles.